The van der Waals surface area contributed by atoms with Gasteiger partial charge in [0.2, 0.25) is 0 Å². The summed E-state index contributed by atoms with van der Waals surface area (Å²) in [6, 6.07) is 8.15. The van der Waals surface area contributed by atoms with E-state index in [4.69, 9.17) is 4.74 Å². The Labute approximate surface area is 83.3 Å². The first kappa shape index (κ1) is 9.06. The Morgan fingerprint density at radius 2 is 2.29 bits per heavy atom. The number of anilines is 1. The first-order valence-electron chi connectivity index (χ1n) is 4.73. The van der Waals surface area contributed by atoms with Crippen molar-refractivity contribution < 1.29 is 9.53 Å². The van der Waals surface area contributed by atoms with Gasteiger partial charge in [0.15, 0.2) is 0 Å². The molecule has 1 heterocycles. The van der Waals surface area contributed by atoms with Gasteiger partial charge in [-0.15, -0.1) is 0 Å². The van der Waals surface area contributed by atoms with Gasteiger partial charge in [0.25, 0.3) is 0 Å². The monoisotopic (exact) mass is 191 g/mol. The quantitative estimate of drug-likeness (QED) is 0.628. The zero-order valence-corrected chi connectivity index (χ0v) is 8.19. The fourth-order valence-corrected chi connectivity index (χ4v) is 1.60. The number of benzene rings is 1. The second kappa shape index (κ2) is 3.70. The fourth-order valence-electron chi connectivity index (χ4n) is 1.60. The van der Waals surface area contributed by atoms with Crippen LogP contribution in [0, 0.1) is 6.92 Å². The van der Waals surface area contributed by atoms with Crippen LogP contribution < -0.4 is 4.90 Å². The summed E-state index contributed by atoms with van der Waals surface area (Å²) >= 11 is 0. The lowest BCUT2D eigenvalue weighted by Crippen LogP contribution is -2.39. The van der Waals surface area contributed by atoms with Crippen molar-refractivity contribution in [1.82, 2.24) is 0 Å². The number of carbonyl (C=O) groups is 1. The molecule has 0 spiro atoms. The van der Waals surface area contributed by atoms with Crippen LogP contribution in [0.4, 0.5) is 5.69 Å². The summed E-state index contributed by atoms with van der Waals surface area (Å²) in [4.78, 5) is 13.1. The predicted octanol–water partition coefficient (Wildman–Crippen LogP) is 1.36. The molecule has 1 aliphatic heterocycles. The second-order valence-electron chi connectivity index (χ2n) is 3.48. The topological polar surface area (TPSA) is 29.5 Å². The minimum atomic E-state index is -0.141. The summed E-state index contributed by atoms with van der Waals surface area (Å²) in [6.45, 7) is 3.69. The Balaban J connectivity index is 2.17. The number of aryl methyl sites for hydroxylation is 1. The van der Waals surface area contributed by atoms with Gasteiger partial charge in [-0.3, -0.25) is 4.79 Å². The van der Waals surface area contributed by atoms with Crippen LogP contribution in [0.5, 0.6) is 0 Å². The van der Waals surface area contributed by atoms with E-state index < -0.39 is 0 Å². The number of morpholine rings is 1. The summed E-state index contributed by atoms with van der Waals surface area (Å²) < 4.78 is 4.88. The van der Waals surface area contributed by atoms with Gasteiger partial charge in [-0.25, -0.2) is 0 Å². The van der Waals surface area contributed by atoms with Crippen molar-refractivity contribution in [1.29, 1.82) is 0 Å². The van der Waals surface area contributed by atoms with Crippen LogP contribution in [0.2, 0.25) is 0 Å². The number of nitrogens with zero attached hydrogens (tertiary/aromatic N) is 1. The van der Waals surface area contributed by atoms with Gasteiger partial charge in [-0.2, -0.15) is 0 Å². The molecule has 0 unspecified atom stereocenters. The molecule has 1 saturated heterocycles. The zero-order chi connectivity index (χ0) is 9.97. The zero-order valence-electron chi connectivity index (χ0n) is 8.19. The van der Waals surface area contributed by atoms with Crippen LogP contribution in [0.3, 0.4) is 0 Å². The first-order valence-corrected chi connectivity index (χ1v) is 4.73. The van der Waals surface area contributed by atoms with Crippen molar-refractivity contribution in [2.75, 3.05) is 24.6 Å². The normalized spacial score (nSPS) is 16.6. The molecule has 0 radical (unpaired) electrons. The molecule has 0 bridgehead atoms. The molecular weight excluding hydrogens is 178 g/mol. The molecule has 0 amide bonds. The van der Waals surface area contributed by atoms with E-state index in [1.54, 1.807) is 0 Å². The molecule has 0 aliphatic carbocycles. The number of cyclic esters (lactones) is 1. The van der Waals surface area contributed by atoms with E-state index in [-0.39, 0.29) is 5.97 Å². The maximum absolute atomic E-state index is 11.1. The lowest BCUT2D eigenvalue weighted by molar-refractivity contribution is -0.143. The predicted molar refractivity (Wildman–Crippen MR) is 54.4 cm³/mol. The Morgan fingerprint density at radius 3 is 3.00 bits per heavy atom. The van der Waals surface area contributed by atoms with E-state index in [9.17, 15) is 4.79 Å². The number of carbonyl (C=O) groups excluding carboxylic acids is 1. The summed E-state index contributed by atoms with van der Waals surface area (Å²) in [5.74, 6) is -0.141. The Bertz CT molecular complexity index is 349. The molecule has 3 heteroatoms. The molecule has 0 N–H and O–H groups in total. The van der Waals surface area contributed by atoms with E-state index in [1.807, 2.05) is 30.0 Å². The number of rotatable bonds is 1. The van der Waals surface area contributed by atoms with Gasteiger partial charge in [0.05, 0.1) is 6.54 Å². The summed E-state index contributed by atoms with van der Waals surface area (Å²) in [7, 11) is 0. The largest absolute Gasteiger partial charge is 0.462 e. The first-order chi connectivity index (χ1) is 6.75. The van der Waals surface area contributed by atoms with Crippen LogP contribution in [0.1, 0.15) is 5.56 Å². The van der Waals surface area contributed by atoms with E-state index in [0.29, 0.717) is 13.2 Å². The highest BCUT2D eigenvalue weighted by Gasteiger charge is 2.17. The Morgan fingerprint density at radius 1 is 1.43 bits per heavy atom. The molecule has 1 aromatic rings. The van der Waals surface area contributed by atoms with Crippen molar-refractivity contribution in [3.63, 3.8) is 0 Å². The van der Waals surface area contributed by atoms with Gasteiger partial charge in [0, 0.05) is 5.69 Å². The lowest BCUT2D eigenvalue weighted by atomic mass is 10.2. The molecule has 1 aliphatic rings. The third-order valence-corrected chi connectivity index (χ3v) is 2.31. The standard InChI is InChI=1S/C11H13NO2/c1-9-3-2-4-10(7-9)12-5-6-14-11(13)8-12/h2-4,7H,5-6,8H2,1H3. The average molecular weight is 191 g/mol. The van der Waals surface area contributed by atoms with Gasteiger partial charge < -0.3 is 9.64 Å². The number of esters is 1. The molecule has 74 valence electrons. The van der Waals surface area contributed by atoms with Crippen LogP contribution in [0.15, 0.2) is 24.3 Å². The van der Waals surface area contributed by atoms with Gasteiger partial charge in [0.1, 0.15) is 13.2 Å². The molecule has 0 aromatic heterocycles. The van der Waals surface area contributed by atoms with Crippen molar-refractivity contribution in [2.45, 2.75) is 6.92 Å². The van der Waals surface area contributed by atoms with Crippen molar-refractivity contribution >= 4 is 11.7 Å². The third-order valence-electron chi connectivity index (χ3n) is 2.31. The minimum absolute atomic E-state index is 0.141. The Kier molecular flexibility index (Phi) is 2.39. The maximum atomic E-state index is 11.1. The number of hydrogen-bond donors (Lipinski definition) is 0. The third kappa shape index (κ3) is 1.87. The van der Waals surface area contributed by atoms with Gasteiger partial charge in [-0.05, 0) is 24.6 Å². The molecule has 0 saturated carbocycles. The van der Waals surface area contributed by atoms with Crippen molar-refractivity contribution in [3.8, 4) is 0 Å². The van der Waals surface area contributed by atoms with E-state index in [0.717, 1.165) is 12.2 Å². The maximum Gasteiger partial charge on any atom is 0.325 e. The Hall–Kier alpha value is -1.51. The highest BCUT2D eigenvalue weighted by Crippen LogP contribution is 2.16. The summed E-state index contributed by atoms with van der Waals surface area (Å²) in [5.41, 5.74) is 2.31. The molecule has 1 aromatic carbocycles. The fraction of sp³-hybridized carbons (Fsp3) is 0.364. The van der Waals surface area contributed by atoms with Crippen molar-refractivity contribution in [2.24, 2.45) is 0 Å². The minimum Gasteiger partial charge on any atom is -0.462 e. The van der Waals surface area contributed by atoms with Crippen LogP contribution >= 0.6 is 0 Å². The highest BCUT2D eigenvalue weighted by atomic mass is 16.5. The number of ether oxygens (including phenoxy) is 1. The van der Waals surface area contributed by atoms with Crippen LogP contribution in [-0.2, 0) is 9.53 Å². The number of hydrogen-bond acceptors (Lipinski definition) is 3. The molecule has 3 nitrogen and oxygen atoms in total. The SMILES string of the molecule is Cc1cccc(N2CCOC(=O)C2)c1. The van der Waals surface area contributed by atoms with E-state index >= 15 is 0 Å². The molecular formula is C11H13NO2. The smallest absolute Gasteiger partial charge is 0.325 e. The molecule has 2 rings (SSSR count). The van der Waals surface area contributed by atoms with Gasteiger partial charge in [-0.1, -0.05) is 12.1 Å². The van der Waals surface area contributed by atoms with E-state index in [1.165, 1.54) is 5.56 Å². The van der Waals surface area contributed by atoms with Crippen molar-refractivity contribution in [3.05, 3.63) is 29.8 Å². The van der Waals surface area contributed by atoms with E-state index in [2.05, 4.69) is 6.07 Å². The molecule has 14 heavy (non-hydrogen) atoms. The van der Waals surface area contributed by atoms with Gasteiger partial charge >= 0.3 is 5.97 Å². The summed E-state index contributed by atoms with van der Waals surface area (Å²) in [6.07, 6.45) is 0. The molecule has 1 fully saturated rings. The van der Waals surface area contributed by atoms with Crippen LogP contribution in [-0.4, -0.2) is 25.7 Å². The second-order valence-corrected chi connectivity index (χ2v) is 3.48. The highest BCUT2D eigenvalue weighted by molar-refractivity contribution is 5.77. The van der Waals surface area contributed by atoms with Crippen LogP contribution in [0.25, 0.3) is 0 Å². The summed E-state index contributed by atoms with van der Waals surface area (Å²) in [5, 5.41) is 0. The average Bonchev–Trinajstić information content (AvgIpc) is 2.18. The lowest BCUT2D eigenvalue weighted by Gasteiger charge is -2.27. The molecule has 0 atom stereocenters.